The lowest BCUT2D eigenvalue weighted by Crippen LogP contribution is -2.51. The Kier molecular flexibility index (Phi) is 5.71. The molecule has 0 unspecified atom stereocenters. The van der Waals surface area contributed by atoms with Crippen LogP contribution in [0.3, 0.4) is 0 Å². The third-order valence-corrected chi connectivity index (χ3v) is 5.16. The summed E-state index contributed by atoms with van der Waals surface area (Å²) < 4.78 is 11.0. The average Bonchev–Trinajstić information content (AvgIpc) is 3.47. The summed E-state index contributed by atoms with van der Waals surface area (Å²) in [5.74, 6) is 0.635. The van der Waals surface area contributed by atoms with Gasteiger partial charge in [-0.15, -0.1) is 0 Å². The number of piperazine rings is 1. The molecule has 0 spiro atoms. The molecule has 3 heterocycles. The number of amides is 2. The van der Waals surface area contributed by atoms with Gasteiger partial charge < -0.3 is 24.0 Å². The van der Waals surface area contributed by atoms with Gasteiger partial charge in [-0.1, -0.05) is 18.2 Å². The highest BCUT2D eigenvalue weighted by atomic mass is 16.4. The lowest BCUT2D eigenvalue weighted by Gasteiger charge is -2.34. The summed E-state index contributed by atoms with van der Waals surface area (Å²) in [7, 11) is 0. The van der Waals surface area contributed by atoms with E-state index in [1.54, 1.807) is 29.2 Å². The molecule has 1 aliphatic heterocycles. The summed E-state index contributed by atoms with van der Waals surface area (Å²) >= 11 is 0. The zero-order chi connectivity index (χ0) is 21.8. The molecule has 4 rings (SSSR count). The Balaban J connectivity index is 1.34. The van der Waals surface area contributed by atoms with E-state index >= 15 is 0 Å². The first-order valence-electron chi connectivity index (χ1n) is 9.88. The highest BCUT2D eigenvalue weighted by Gasteiger charge is 2.27. The minimum Gasteiger partial charge on any atom is -0.459 e. The number of hydrogen-bond donors (Lipinski definition) is 1. The van der Waals surface area contributed by atoms with Crippen molar-refractivity contribution in [2.75, 3.05) is 37.6 Å². The normalized spacial score (nSPS) is 13.7. The predicted octanol–water partition coefficient (Wildman–Crippen LogP) is 2.19. The molecular formula is C22H21N5O4. The lowest BCUT2D eigenvalue weighted by molar-refractivity contribution is -0.130. The van der Waals surface area contributed by atoms with Crippen molar-refractivity contribution >= 4 is 17.7 Å². The fourth-order valence-electron chi connectivity index (χ4n) is 3.45. The number of nitrogens with zero attached hydrogens (tertiary/aromatic N) is 4. The SMILES string of the molecule is Cc1ccccc1C(=O)NCC(=O)N1CCN(c2oc(-c3ccco3)nc2C#N)CC1. The molecule has 158 valence electrons. The first-order valence-corrected chi connectivity index (χ1v) is 9.88. The van der Waals surface area contributed by atoms with Crippen LogP contribution in [0.1, 0.15) is 21.6 Å². The van der Waals surface area contributed by atoms with Gasteiger partial charge in [-0.3, -0.25) is 9.59 Å². The molecule has 0 bridgehead atoms. The number of benzene rings is 1. The molecular weight excluding hydrogens is 398 g/mol. The quantitative estimate of drug-likeness (QED) is 0.674. The third kappa shape index (κ3) is 4.28. The minimum absolute atomic E-state index is 0.0679. The van der Waals surface area contributed by atoms with Crippen molar-refractivity contribution in [2.24, 2.45) is 0 Å². The summed E-state index contributed by atoms with van der Waals surface area (Å²) in [5, 5.41) is 12.1. The highest BCUT2D eigenvalue weighted by molar-refractivity contribution is 5.97. The Bertz CT molecular complexity index is 1120. The number of nitrogens with one attached hydrogen (secondary N) is 1. The lowest BCUT2D eigenvalue weighted by atomic mass is 10.1. The van der Waals surface area contributed by atoms with E-state index in [9.17, 15) is 14.9 Å². The van der Waals surface area contributed by atoms with Crippen LogP contribution in [0.2, 0.25) is 0 Å². The molecule has 0 aliphatic carbocycles. The minimum atomic E-state index is -0.268. The van der Waals surface area contributed by atoms with E-state index in [1.807, 2.05) is 30.0 Å². The van der Waals surface area contributed by atoms with E-state index in [0.29, 0.717) is 43.4 Å². The van der Waals surface area contributed by atoms with Gasteiger partial charge in [-0.25, -0.2) is 0 Å². The fourth-order valence-corrected chi connectivity index (χ4v) is 3.45. The molecule has 9 nitrogen and oxygen atoms in total. The van der Waals surface area contributed by atoms with E-state index in [-0.39, 0.29) is 29.9 Å². The molecule has 1 N–H and O–H groups in total. The number of hydrogen-bond acceptors (Lipinski definition) is 7. The molecule has 1 fully saturated rings. The number of furan rings is 1. The Labute approximate surface area is 178 Å². The zero-order valence-corrected chi connectivity index (χ0v) is 17.0. The van der Waals surface area contributed by atoms with Crippen LogP contribution in [0.4, 0.5) is 5.88 Å². The standard InChI is InChI=1S/C22H21N5O4/c1-15-5-2-3-6-16(15)20(29)24-14-19(28)26-8-10-27(11-9-26)22-17(13-23)25-21(31-22)18-7-4-12-30-18/h2-7,12H,8-11,14H2,1H3,(H,24,29). The average molecular weight is 419 g/mol. The van der Waals surface area contributed by atoms with Gasteiger partial charge >= 0.3 is 0 Å². The molecule has 9 heteroatoms. The van der Waals surface area contributed by atoms with Crippen molar-refractivity contribution in [1.82, 2.24) is 15.2 Å². The number of nitriles is 1. The number of aromatic nitrogens is 1. The predicted molar refractivity (Wildman–Crippen MR) is 111 cm³/mol. The summed E-state index contributed by atoms with van der Waals surface area (Å²) in [6.07, 6.45) is 1.51. The van der Waals surface area contributed by atoms with E-state index < -0.39 is 0 Å². The van der Waals surface area contributed by atoms with Gasteiger partial charge in [0.05, 0.1) is 12.8 Å². The van der Waals surface area contributed by atoms with Crippen molar-refractivity contribution in [3.63, 3.8) is 0 Å². The van der Waals surface area contributed by atoms with Gasteiger partial charge in [0.15, 0.2) is 5.76 Å². The maximum atomic E-state index is 12.5. The smallest absolute Gasteiger partial charge is 0.266 e. The first kappa shape index (κ1) is 20.2. The maximum absolute atomic E-state index is 12.5. The Morgan fingerprint density at radius 2 is 1.94 bits per heavy atom. The fraction of sp³-hybridized carbons (Fsp3) is 0.273. The largest absolute Gasteiger partial charge is 0.459 e. The Hall–Kier alpha value is -4.06. The zero-order valence-electron chi connectivity index (χ0n) is 17.0. The summed E-state index contributed by atoms with van der Waals surface area (Å²) in [4.78, 5) is 32.6. The Morgan fingerprint density at radius 3 is 2.61 bits per heavy atom. The van der Waals surface area contributed by atoms with Crippen molar-refractivity contribution in [1.29, 1.82) is 5.26 Å². The molecule has 0 saturated carbocycles. The van der Waals surface area contributed by atoms with E-state index in [0.717, 1.165) is 5.56 Å². The molecule has 1 saturated heterocycles. The van der Waals surface area contributed by atoms with Crippen LogP contribution in [-0.4, -0.2) is 54.4 Å². The van der Waals surface area contributed by atoms with Crippen LogP contribution >= 0.6 is 0 Å². The number of oxazole rings is 1. The van der Waals surface area contributed by atoms with Gasteiger partial charge in [-0.2, -0.15) is 10.2 Å². The van der Waals surface area contributed by atoms with Crippen molar-refractivity contribution < 1.29 is 18.4 Å². The van der Waals surface area contributed by atoms with E-state index in [1.165, 1.54) is 6.26 Å². The molecule has 1 aromatic carbocycles. The number of carbonyl (C=O) groups excluding carboxylic acids is 2. The number of anilines is 1. The van der Waals surface area contributed by atoms with Crippen molar-refractivity contribution in [3.8, 4) is 17.7 Å². The first-order chi connectivity index (χ1) is 15.1. The molecule has 2 amide bonds. The van der Waals surface area contributed by atoms with Crippen LogP contribution < -0.4 is 10.2 Å². The van der Waals surface area contributed by atoms with Gasteiger partial charge in [0, 0.05) is 31.7 Å². The van der Waals surface area contributed by atoms with Crippen LogP contribution in [-0.2, 0) is 4.79 Å². The molecule has 3 aromatic rings. The van der Waals surface area contributed by atoms with E-state index in [2.05, 4.69) is 10.3 Å². The van der Waals surface area contributed by atoms with Crippen molar-refractivity contribution in [2.45, 2.75) is 6.92 Å². The second-order valence-corrected chi connectivity index (χ2v) is 7.13. The molecule has 1 aliphatic rings. The molecule has 0 radical (unpaired) electrons. The van der Waals surface area contributed by atoms with Gasteiger partial charge in [0.2, 0.25) is 17.5 Å². The second-order valence-electron chi connectivity index (χ2n) is 7.13. The molecule has 0 atom stereocenters. The van der Waals surface area contributed by atoms with Gasteiger partial charge in [0.1, 0.15) is 6.07 Å². The summed E-state index contributed by atoms with van der Waals surface area (Å²) in [6, 6.07) is 12.7. The van der Waals surface area contributed by atoms with E-state index in [4.69, 9.17) is 8.83 Å². The number of carbonyl (C=O) groups is 2. The van der Waals surface area contributed by atoms with Gasteiger partial charge in [0.25, 0.3) is 11.8 Å². The van der Waals surface area contributed by atoms with Gasteiger partial charge in [-0.05, 0) is 30.7 Å². The van der Waals surface area contributed by atoms with Crippen LogP contribution in [0, 0.1) is 18.3 Å². The van der Waals surface area contributed by atoms with Crippen molar-refractivity contribution in [3.05, 3.63) is 59.5 Å². The molecule has 31 heavy (non-hydrogen) atoms. The monoisotopic (exact) mass is 419 g/mol. The number of aryl methyl sites for hydroxylation is 1. The number of rotatable bonds is 5. The summed E-state index contributed by atoms with van der Waals surface area (Å²) in [6.45, 7) is 3.65. The Morgan fingerprint density at radius 1 is 1.16 bits per heavy atom. The summed E-state index contributed by atoms with van der Waals surface area (Å²) in [5.41, 5.74) is 1.59. The second kappa shape index (κ2) is 8.75. The van der Waals surface area contributed by atoms with Crippen LogP contribution in [0.15, 0.2) is 51.5 Å². The third-order valence-electron chi connectivity index (χ3n) is 5.16. The molecule has 2 aromatic heterocycles. The topological polar surface area (TPSA) is 116 Å². The highest BCUT2D eigenvalue weighted by Crippen LogP contribution is 2.29. The van der Waals surface area contributed by atoms with Crippen LogP contribution in [0.25, 0.3) is 11.7 Å². The maximum Gasteiger partial charge on any atom is 0.266 e. The van der Waals surface area contributed by atoms with Crippen LogP contribution in [0.5, 0.6) is 0 Å².